The van der Waals surface area contributed by atoms with Crippen molar-refractivity contribution in [3.8, 4) is 0 Å². The van der Waals surface area contributed by atoms with Gasteiger partial charge in [-0.25, -0.2) is 15.8 Å². The molecule has 0 atom stereocenters. The fraction of sp³-hybridized carbons (Fsp3) is 0.750. The minimum Gasteiger partial charge on any atom is -0.356 e. The van der Waals surface area contributed by atoms with Gasteiger partial charge in [0.1, 0.15) is 17.5 Å². The van der Waals surface area contributed by atoms with Gasteiger partial charge in [0, 0.05) is 24.6 Å². The van der Waals surface area contributed by atoms with Gasteiger partial charge in [-0.2, -0.15) is 0 Å². The van der Waals surface area contributed by atoms with Gasteiger partial charge in [0.05, 0.1) is 0 Å². The average molecular weight is 291 g/mol. The first kappa shape index (κ1) is 16.0. The Hall–Kier alpha value is -1.36. The van der Waals surface area contributed by atoms with Gasteiger partial charge in [0.2, 0.25) is 0 Å². The molecule has 1 aromatic rings. The summed E-state index contributed by atoms with van der Waals surface area (Å²) in [7, 11) is 0. The normalized spacial score (nSPS) is 17.4. The Labute approximate surface area is 128 Å². The Morgan fingerprint density at radius 2 is 1.86 bits per heavy atom. The van der Waals surface area contributed by atoms with Gasteiger partial charge in [-0.3, -0.25) is 0 Å². The van der Waals surface area contributed by atoms with Crippen molar-refractivity contribution in [2.75, 3.05) is 23.4 Å². The van der Waals surface area contributed by atoms with Crippen molar-refractivity contribution in [1.29, 1.82) is 0 Å². The number of rotatable bonds is 3. The highest BCUT2D eigenvalue weighted by molar-refractivity contribution is 5.49. The van der Waals surface area contributed by atoms with E-state index in [-0.39, 0.29) is 5.41 Å². The zero-order valence-electron chi connectivity index (χ0n) is 14.0. The molecule has 1 fully saturated rings. The maximum Gasteiger partial charge on any atom is 0.145 e. The predicted octanol–water partition coefficient (Wildman–Crippen LogP) is 2.93. The molecule has 2 rings (SSSR count). The van der Waals surface area contributed by atoms with Crippen molar-refractivity contribution < 1.29 is 0 Å². The Kier molecular flexibility index (Phi) is 4.71. The lowest BCUT2D eigenvalue weighted by Gasteiger charge is -2.35. The molecule has 2 heterocycles. The monoisotopic (exact) mass is 291 g/mol. The Morgan fingerprint density at radius 1 is 1.24 bits per heavy atom. The van der Waals surface area contributed by atoms with E-state index >= 15 is 0 Å². The molecule has 1 aromatic heterocycles. The number of nitrogens with two attached hydrogens (primary N) is 1. The van der Waals surface area contributed by atoms with Crippen LogP contribution >= 0.6 is 0 Å². The number of nitrogens with zero attached hydrogens (tertiary/aromatic N) is 3. The van der Waals surface area contributed by atoms with Crippen LogP contribution in [0.2, 0.25) is 0 Å². The second-order valence-electron chi connectivity index (χ2n) is 7.40. The highest BCUT2D eigenvalue weighted by Crippen LogP contribution is 2.29. The molecule has 0 unspecified atom stereocenters. The lowest BCUT2D eigenvalue weighted by Crippen LogP contribution is -2.36. The van der Waals surface area contributed by atoms with Gasteiger partial charge < -0.3 is 10.3 Å². The van der Waals surface area contributed by atoms with Gasteiger partial charge >= 0.3 is 0 Å². The van der Waals surface area contributed by atoms with Crippen LogP contribution in [-0.2, 0) is 5.41 Å². The molecule has 5 heteroatoms. The molecule has 0 spiro atoms. The van der Waals surface area contributed by atoms with Crippen LogP contribution in [0.5, 0.6) is 0 Å². The first-order chi connectivity index (χ1) is 9.81. The van der Waals surface area contributed by atoms with Crippen molar-refractivity contribution in [2.24, 2.45) is 17.7 Å². The van der Waals surface area contributed by atoms with Crippen molar-refractivity contribution in [3.05, 3.63) is 11.9 Å². The lowest BCUT2D eigenvalue weighted by molar-refractivity contribution is 0.310. The predicted molar refractivity (Wildman–Crippen MR) is 88.3 cm³/mol. The highest BCUT2D eigenvalue weighted by Gasteiger charge is 2.25. The second kappa shape index (κ2) is 6.18. The molecule has 21 heavy (non-hydrogen) atoms. The fourth-order valence-electron chi connectivity index (χ4n) is 2.80. The van der Waals surface area contributed by atoms with Crippen LogP contribution in [0.3, 0.4) is 0 Å². The van der Waals surface area contributed by atoms with Crippen LogP contribution in [0, 0.1) is 11.8 Å². The average Bonchev–Trinajstić information content (AvgIpc) is 2.46. The van der Waals surface area contributed by atoms with E-state index in [1.54, 1.807) is 0 Å². The minimum absolute atomic E-state index is 0.0855. The van der Waals surface area contributed by atoms with Crippen molar-refractivity contribution in [1.82, 2.24) is 9.97 Å². The third kappa shape index (κ3) is 3.84. The van der Waals surface area contributed by atoms with E-state index in [1.807, 2.05) is 6.07 Å². The summed E-state index contributed by atoms with van der Waals surface area (Å²) < 4.78 is 0. The third-order valence-electron chi connectivity index (χ3n) is 4.34. The molecule has 1 saturated heterocycles. The van der Waals surface area contributed by atoms with Gasteiger partial charge in [-0.05, 0) is 24.7 Å². The topological polar surface area (TPSA) is 67.1 Å². The number of hydrogen-bond acceptors (Lipinski definition) is 5. The van der Waals surface area contributed by atoms with E-state index in [0.29, 0.717) is 5.82 Å². The number of piperidine rings is 1. The number of aromatic nitrogens is 2. The molecule has 3 N–H and O–H groups in total. The molecule has 0 radical (unpaired) electrons. The molecule has 1 aliphatic rings. The fourth-order valence-corrected chi connectivity index (χ4v) is 2.80. The first-order valence-electron chi connectivity index (χ1n) is 7.92. The van der Waals surface area contributed by atoms with Crippen LogP contribution in [0.25, 0.3) is 0 Å². The number of hydrazine groups is 1. The van der Waals surface area contributed by atoms with Crippen LogP contribution in [-0.4, -0.2) is 23.1 Å². The van der Waals surface area contributed by atoms with Crippen molar-refractivity contribution >= 4 is 11.6 Å². The molecule has 118 valence electrons. The quantitative estimate of drug-likeness (QED) is 0.662. The van der Waals surface area contributed by atoms with E-state index in [9.17, 15) is 0 Å². The van der Waals surface area contributed by atoms with E-state index in [1.165, 1.54) is 12.8 Å². The van der Waals surface area contributed by atoms with Gasteiger partial charge in [0.15, 0.2) is 0 Å². The minimum atomic E-state index is -0.0855. The molecule has 0 saturated carbocycles. The van der Waals surface area contributed by atoms with Crippen LogP contribution in [0.15, 0.2) is 6.07 Å². The Bertz CT molecular complexity index is 470. The SMILES string of the molecule is CC(C)C1CCN(c2cc(NN)nc(C(C)(C)C)n2)CC1. The van der Waals surface area contributed by atoms with E-state index in [0.717, 1.165) is 36.6 Å². The maximum absolute atomic E-state index is 5.56. The summed E-state index contributed by atoms with van der Waals surface area (Å²) in [5.74, 6) is 9.68. The zero-order valence-corrected chi connectivity index (χ0v) is 14.0. The summed E-state index contributed by atoms with van der Waals surface area (Å²) in [4.78, 5) is 11.6. The highest BCUT2D eigenvalue weighted by atomic mass is 15.3. The van der Waals surface area contributed by atoms with Crippen LogP contribution in [0.4, 0.5) is 11.6 Å². The summed E-state index contributed by atoms with van der Waals surface area (Å²) in [5.41, 5.74) is 2.58. The standard InChI is InChI=1S/C16H29N5/c1-11(2)12-6-8-21(9-7-12)14-10-13(20-17)18-15(19-14)16(3,4)5/h10-12H,6-9,17H2,1-5H3,(H,18,19,20). The first-order valence-corrected chi connectivity index (χ1v) is 7.92. The number of nitrogens with one attached hydrogen (secondary N) is 1. The van der Waals surface area contributed by atoms with E-state index in [4.69, 9.17) is 10.8 Å². The molecular weight excluding hydrogens is 262 g/mol. The van der Waals surface area contributed by atoms with Crippen LogP contribution < -0.4 is 16.2 Å². The van der Waals surface area contributed by atoms with Gasteiger partial charge in [-0.15, -0.1) is 0 Å². The van der Waals surface area contributed by atoms with Crippen molar-refractivity contribution in [2.45, 2.75) is 52.9 Å². The summed E-state index contributed by atoms with van der Waals surface area (Å²) >= 11 is 0. The van der Waals surface area contributed by atoms with E-state index < -0.39 is 0 Å². The summed E-state index contributed by atoms with van der Waals surface area (Å²) in [5, 5.41) is 0. The molecule has 0 aliphatic carbocycles. The summed E-state index contributed by atoms with van der Waals surface area (Å²) in [6.45, 7) is 13.1. The molecule has 0 bridgehead atoms. The summed E-state index contributed by atoms with van der Waals surface area (Å²) in [6, 6.07) is 1.95. The summed E-state index contributed by atoms with van der Waals surface area (Å²) in [6.07, 6.45) is 2.47. The molecule has 1 aliphatic heterocycles. The molecule has 5 nitrogen and oxygen atoms in total. The number of anilines is 2. The zero-order chi connectivity index (χ0) is 15.6. The van der Waals surface area contributed by atoms with E-state index in [2.05, 4.69) is 49.9 Å². The van der Waals surface area contributed by atoms with Crippen LogP contribution in [0.1, 0.15) is 53.3 Å². The third-order valence-corrected chi connectivity index (χ3v) is 4.34. The molecule has 0 aromatic carbocycles. The Balaban J connectivity index is 2.20. The van der Waals surface area contributed by atoms with Gasteiger partial charge in [-0.1, -0.05) is 34.6 Å². The molecule has 0 amide bonds. The number of nitrogen functional groups attached to an aromatic ring is 1. The molecular formula is C16H29N5. The maximum atomic E-state index is 5.56. The van der Waals surface area contributed by atoms with Crippen molar-refractivity contribution in [3.63, 3.8) is 0 Å². The lowest BCUT2D eigenvalue weighted by atomic mass is 9.87. The largest absolute Gasteiger partial charge is 0.356 e. The smallest absolute Gasteiger partial charge is 0.145 e. The second-order valence-corrected chi connectivity index (χ2v) is 7.40. The van der Waals surface area contributed by atoms with Gasteiger partial charge in [0.25, 0.3) is 0 Å². The number of hydrogen-bond donors (Lipinski definition) is 2. The Morgan fingerprint density at radius 3 is 2.33 bits per heavy atom.